The van der Waals surface area contributed by atoms with E-state index in [1.165, 1.54) is 0 Å². The predicted octanol–water partition coefficient (Wildman–Crippen LogP) is 0.779. The van der Waals surface area contributed by atoms with Gasteiger partial charge in [0.1, 0.15) is 25.9 Å². The molecule has 1 aromatic heterocycles. The van der Waals surface area contributed by atoms with Gasteiger partial charge in [-0.15, -0.1) is 15.0 Å². The third kappa shape index (κ3) is 4.55. The van der Waals surface area contributed by atoms with Gasteiger partial charge in [0, 0.05) is 0 Å². The Kier molecular flexibility index (Phi) is 4.68. The Labute approximate surface area is 110 Å². The average Bonchev–Trinajstić information content (AvgIpc) is 3.25. The molecule has 7 nitrogen and oxygen atoms in total. The monoisotopic (exact) mass is 265 g/mol. The van der Waals surface area contributed by atoms with Crippen molar-refractivity contribution in [2.24, 2.45) is 0 Å². The van der Waals surface area contributed by atoms with Crippen molar-refractivity contribution in [1.82, 2.24) is 15.0 Å². The van der Waals surface area contributed by atoms with Crippen molar-refractivity contribution in [3.63, 3.8) is 0 Å². The smallest absolute Gasteiger partial charge is 0.326 e. The second kappa shape index (κ2) is 6.69. The van der Waals surface area contributed by atoms with Crippen LogP contribution in [0, 0.1) is 0 Å². The van der Waals surface area contributed by atoms with E-state index < -0.39 is 0 Å². The van der Waals surface area contributed by atoms with Gasteiger partial charge in [0.2, 0.25) is 0 Å². The summed E-state index contributed by atoms with van der Waals surface area (Å²) in [6, 6.07) is 0.393. The van der Waals surface area contributed by atoms with E-state index >= 15 is 0 Å². The number of rotatable bonds is 9. The minimum absolute atomic E-state index is 0.117. The summed E-state index contributed by atoms with van der Waals surface area (Å²) in [5.41, 5.74) is 0. The lowest BCUT2D eigenvalue weighted by molar-refractivity contribution is 0.229. The van der Waals surface area contributed by atoms with E-state index in [1.807, 2.05) is 0 Å². The molecule has 2 rings (SSSR count). The maximum absolute atomic E-state index is 5.37. The molecular formula is C12H15N3O4. The highest BCUT2D eigenvalue weighted by Gasteiger charge is 2.24. The van der Waals surface area contributed by atoms with Crippen LogP contribution in [0.25, 0.3) is 0 Å². The van der Waals surface area contributed by atoms with Gasteiger partial charge >= 0.3 is 18.0 Å². The van der Waals surface area contributed by atoms with Gasteiger partial charge in [0.05, 0.1) is 6.61 Å². The highest BCUT2D eigenvalue weighted by atomic mass is 16.6. The highest BCUT2D eigenvalue weighted by molar-refractivity contribution is 5.09. The standard InChI is InChI=1S/C12H15N3O4/c1-3-5-16-10-13-11(17-6-4-2)15-12(14-10)19-8-9-7-18-9/h3-4,9H,1-2,5-8H2. The summed E-state index contributed by atoms with van der Waals surface area (Å²) in [7, 11) is 0. The lowest BCUT2D eigenvalue weighted by Gasteiger charge is -2.07. The van der Waals surface area contributed by atoms with Gasteiger partial charge in [0.25, 0.3) is 0 Å². The van der Waals surface area contributed by atoms with Gasteiger partial charge in [-0.1, -0.05) is 25.3 Å². The first kappa shape index (κ1) is 13.3. The molecule has 0 aromatic carbocycles. The Balaban J connectivity index is 2.04. The Hall–Kier alpha value is -2.15. The quantitative estimate of drug-likeness (QED) is 0.482. The molecule has 0 radical (unpaired) electrons. The number of aromatic nitrogens is 3. The zero-order valence-electron chi connectivity index (χ0n) is 10.4. The number of epoxide rings is 1. The van der Waals surface area contributed by atoms with Gasteiger partial charge in [-0.05, 0) is 0 Å². The number of hydrogen-bond donors (Lipinski definition) is 0. The molecule has 1 saturated heterocycles. The zero-order chi connectivity index (χ0) is 13.5. The molecular weight excluding hydrogens is 250 g/mol. The topological polar surface area (TPSA) is 78.9 Å². The molecule has 2 heterocycles. The molecule has 1 unspecified atom stereocenters. The minimum atomic E-state index is 0.117. The fraction of sp³-hybridized carbons (Fsp3) is 0.417. The summed E-state index contributed by atoms with van der Waals surface area (Å²) in [4.78, 5) is 12.0. The van der Waals surface area contributed by atoms with Crippen molar-refractivity contribution in [1.29, 1.82) is 0 Å². The van der Waals surface area contributed by atoms with E-state index in [1.54, 1.807) is 12.2 Å². The Morgan fingerprint density at radius 3 is 1.89 bits per heavy atom. The normalized spacial score (nSPS) is 16.5. The summed E-state index contributed by atoms with van der Waals surface area (Å²) in [6.45, 7) is 8.77. The second-order valence-corrected chi connectivity index (χ2v) is 3.65. The van der Waals surface area contributed by atoms with Gasteiger partial charge < -0.3 is 18.9 Å². The second-order valence-electron chi connectivity index (χ2n) is 3.65. The van der Waals surface area contributed by atoms with E-state index in [2.05, 4.69) is 28.1 Å². The van der Waals surface area contributed by atoms with Crippen LogP contribution in [0.4, 0.5) is 0 Å². The summed E-state index contributed by atoms with van der Waals surface area (Å²) in [5, 5.41) is 0. The molecule has 1 aliphatic rings. The highest BCUT2D eigenvalue weighted by Crippen LogP contribution is 2.16. The molecule has 0 amide bonds. The summed E-state index contributed by atoms with van der Waals surface area (Å²) < 4.78 is 20.9. The molecule has 0 saturated carbocycles. The van der Waals surface area contributed by atoms with Crippen LogP contribution in [0.2, 0.25) is 0 Å². The van der Waals surface area contributed by atoms with E-state index in [0.717, 1.165) is 0 Å². The number of hydrogen-bond acceptors (Lipinski definition) is 7. The van der Waals surface area contributed by atoms with Crippen molar-refractivity contribution in [2.45, 2.75) is 6.10 Å². The first-order valence-corrected chi connectivity index (χ1v) is 5.79. The minimum Gasteiger partial charge on any atom is -0.460 e. The molecule has 102 valence electrons. The lowest BCUT2D eigenvalue weighted by Crippen LogP contribution is -2.10. The lowest BCUT2D eigenvalue weighted by atomic mass is 10.5. The van der Waals surface area contributed by atoms with Gasteiger partial charge in [0.15, 0.2) is 0 Å². The Bertz CT molecular complexity index is 418. The molecule has 1 aliphatic heterocycles. The summed E-state index contributed by atoms with van der Waals surface area (Å²) in [6.07, 6.45) is 3.30. The van der Waals surface area contributed by atoms with Crippen molar-refractivity contribution in [3.05, 3.63) is 25.3 Å². The maximum atomic E-state index is 5.37. The van der Waals surface area contributed by atoms with E-state index in [-0.39, 0.29) is 37.3 Å². The van der Waals surface area contributed by atoms with Crippen LogP contribution in [-0.2, 0) is 4.74 Å². The fourth-order valence-electron chi connectivity index (χ4n) is 1.11. The van der Waals surface area contributed by atoms with E-state index in [4.69, 9.17) is 18.9 Å². The summed E-state index contributed by atoms with van der Waals surface area (Å²) >= 11 is 0. The number of ether oxygens (including phenoxy) is 4. The molecule has 1 aromatic rings. The van der Waals surface area contributed by atoms with Crippen LogP contribution in [0.15, 0.2) is 25.3 Å². The van der Waals surface area contributed by atoms with Crippen LogP contribution in [0.5, 0.6) is 18.0 Å². The van der Waals surface area contributed by atoms with Gasteiger partial charge in [-0.3, -0.25) is 0 Å². The first-order chi connectivity index (χ1) is 9.31. The Morgan fingerprint density at radius 1 is 1.00 bits per heavy atom. The van der Waals surface area contributed by atoms with Crippen LogP contribution in [0.1, 0.15) is 0 Å². The molecule has 0 bridgehead atoms. The molecule has 0 aliphatic carbocycles. The SMILES string of the molecule is C=CCOc1nc(OCC=C)nc(OCC2CO2)n1. The van der Waals surface area contributed by atoms with Gasteiger partial charge in [-0.25, -0.2) is 0 Å². The zero-order valence-corrected chi connectivity index (χ0v) is 10.4. The fourth-order valence-corrected chi connectivity index (χ4v) is 1.11. The molecule has 1 fully saturated rings. The summed E-state index contributed by atoms with van der Waals surface area (Å²) in [5.74, 6) is 0. The third-order valence-electron chi connectivity index (χ3n) is 2.04. The van der Waals surface area contributed by atoms with Crippen molar-refractivity contribution in [2.75, 3.05) is 26.4 Å². The average molecular weight is 265 g/mol. The van der Waals surface area contributed by atoms with Crippen LogP contribution >= 0.6 is 0 Å². The first-order valence-electron chi connectivity index (χ1n) is 5.79. The van der Waals surface area contributed by atoms with Gasteiger partial charge in [-0.2, -0.15) is 0 Å². The predicted molar refractivity (Wildman–Crippen MR) is 66.4 cm³/mol. The Morgan fingerprint density at radius 2 is 1.47 bits per heavy atom. The van der Waals surface area contributed by atoms with Crippen LogP contribution in [-0.4, -0.2) is 47.5 Å². The van der Waals surface area contributed by atoms with E-state index in [0.29, 0.717) is 13.2 Å². The van der Waals surface area contributed by atoms with Crippen molar-refractivity contribution >= 4 is 0 Å². The van der Waals surface area contributed by atoms with Crippen LogP contribution in [0.3, 0.4) is 0 Å². The van der Waals surface area contributed by atoms with E-state index in [9.17, 15) is 0 Å². The van der Waals surface area contributed by atoms with Crippen molar-refractivity contribution in [3.8, 4) is 18.0 Å². The maximum Gasteiger partial charge on any atom is 0.326 e. The molecule has 1 atom stereocenters. The molecule has 0 spiro atoms. The molecule has 0 N–H and O–H groups in total. The van der Waals surface area contributed by atoms with Crippen molar-refractivity contribution < 1.29 is 18.9 Å². The largest absolute Gasteiger partial charge is 0.460 e. The van der Waals surface area contributed by atoms with Crippen LogP contribution < -0.4 is 14.2 Å². The molecule has 19 heavy (non-hydrogen) atoms. The third-order valence-corrected chi connectivity index (χ3v) is 2.04. The number of nitrogens with zero attached hydrogens (tertiary/aromatic N) is 3. The molecule has 7 heteroatoms.